The fourth-order valence-electron chi connectivity index (χ4n) is 3.42. The molecule has 2 aromatic rings. The zero-order chi connectivity index (χ0) is 21.2. The molecule has 158 valence electrons. The number of nitrogens with zero attached hydrogens (tertiary/aromatic N) is 2. The minimum absolute atomic E-state index is 0.0973. The van der Waals surface area contributed by atoms with Crippen molar-refractivity contribution in [1.82, 2.24) is 14.8 Å². The zero-order valence-corrected chi connectivity index (χ0v) is 18.8. The average Bonchev–Trinajstić information content (AvgIpc) is 3.01. The summed E-state index contributed by atoms with van der Waals surface area (Å²) in [4.78, 5) is 14.5. The molecule has 2 rings (SSSR count). The van der Waals surface area contributed by atoms with E-state index in [0.717, 1.165) is 44.5 Å². The Kier molecular flexibility index (Phi) is 9.20. The summed E-state index contributed by atoms with van der Waals surface area (Å²) in [6, 6.07) is 8.37. The molecule has 0 fully saturated rings. The van der Waals surface area contributed by atoms with Crippen molar-refractivity contribution < 1.29 is 4.79 Å². The van der Waals surface area contributed by atoms with Crippen molar-refractivity contribution in [2.45, 2.75) is 53.0 Å². The maximum Gasteiger partial charge on any atom is 0.224 e. The molecule has 0 unspecified atom stereocenters. The second-order valence-corrected chi connectivity index (χ2v) is 8.38. The maximum absolute atomic E-state index is 12.4. The number of hydrogen-bond acceptors (Lipinski definition) is 2. The zero-order valence-electron chi connectivity index (χ0n) is 18.8. The van der Waals surface area contributed by atoms with Crippen LogP contribution in [0.1, 0.15) is 45.6 Å². The molecule has 0 atom stereocenters. The van der Waals surface area contributed by atoms with Crippen molar-refractivity contribution >= 4 is 16.8 Å². The van der Waals surface area contributed by atoms with E-state index >= 15 is 0 Å². The molecule has 0 radical (unpaired) electrons. The summed E-state index contributed by atoms with van der Waals surface area (Å²) in [7, 11) is 4.10. The number of aromatic nitrogens is 1. The van der Waals surface area contributed by atoms with Gasteiger partial charge in [-0.15, -0.1) is 0 Å². The summed E-state index contributed by atoms with van der Waals surface area (Å²) in [5, 5.41) is 4.22. The van der Waals surface area contributed by atoms with E-state index in [2.05, 4.69) is 72.1 Å². The van der Waals surface area contributed by atoms with Gasteiger partial charge in [0.1, 0.15) is 0 Å². The average molecular weight is 396 g/mol. The Morgan fingerprint density at radius 2 is 1.90 bits per heavy atom. The first-order chi connectivity index (χ1) is 13.9. The minimum atomic E-state index is 0.0973. The molecule has 1 aromatic heterocycles. The van der Waals surface area contributed by atoms with Crippen LogP contribution in [0.2, 0.25) is 0 Å². The van der Waals surface area contributed by atoms with Gasteiger partial charge in [-0.25, -0.2) is 0 Å². The quantitative estimate of drug-likeness (QED) is 0.432. The molecule has 1 heterocycles. The van der Waals surface area contributed by atoms with Crippen LogP contribution in [-0.4, -0.2) is 42.6 Å². The van der Waals surface area contributed by atoms with E-state index in [4.69, 9.17) is 0 Å². The highest BCUT2D eigenvalue weighted by Crippen LogP contribution is 2.22. The van der Waals surface area contributed by atoms with Gasteiger partial charge in [-0.1, -0.05) is 41.5 Å². The van der Waals surface area contributed by atoms with E-state index < -0.39 is 0 Å². The van der Waals surface area contributed by atoms with Gasteiger partial charge in [0.2, 0.25) is 5.91 Å². The van der Waals surface area contributed by atoms with Gasteiger partial charge in [-0.05, 0) is 72.3 Å². The first kappa shape index (κ1) is 23.0. The molecule has 0 aliphatic heterocycles. The summed E-state index contributed by atoms with van der Waals surface area (Å²) in [6.45, 7) is 9.04. The number of fused-ring (bicyclic) bond motifs is 1. The molecule has 1 amide bonds. The van der Waals surface area contributed by atoms with Gasteiger partial charge in [0.25, 0.3) is 0 Å². The van der Waals surface area contributed by atoms with Crippen LogP contribution >= 0.6 is 0 Å². The summed E-state index contributed by atoms with van der Waals surface area (Å²) < 4.78 is 2.26. The number of carbonyl (C=O) groups excluding carboxylic acids is 1. The lowest BCUT2D eigenvalue weighted by atomic mass is 10.1. The lowest BCUT2D eigenvalue weighted by molar-refractivity contribution is -0.120. The van der Waals surface area contributed by atoms with E-state index in [0.29, 0.717) is 6.42 Å². The molecule has 0 aliphatic rings. The summed E-state index contributed by atoms with van der Waals surface area (Å²) in [6.07, 6.45) is 10.3. The van der Waals surface area contributed by atoms with Crippen LogP contribution in [0.3, 0.4) is 0 Å². The Balaban J connectivity index is 2.02. The topological polar surface area (TPSA) is 37.3 Å². The van der Waals surface area contributed by atoms with Gasteiger partial charge in [0.15, 0.2) is 0 Å². The second kappa shape index (κ2) is 11.6. The minimum Gasteiger partial charge on any atom is -0.356 e. The van der Waals surface area contributed by atoms with Crippen LogP contribution in [0.15, 0.2) is 53.8 Å². The number of amides is 1. The van der Waals surface area contributed by atoms with Crippen LogP contribution in [-0.2, 0) is 17.8 Å². The number of carbonyl (C=O) groups is 1. The lowest BCUT2D eigenvalue weighted by Gasteiger charge is -2.09. The Bertz CT molecular complexity index is 854. The van der Waals surface area contributed by atoms with E-state index in [9.17, 15) is 4.79 Å². The van der Waals surface area contributed by atoms with Crippen molar-refractivity contribution in [2.24, 2.45) is 0 Å². The van der Waals surface area contributed by atoms with Crippen molar-refractivity contribution in [3.05, 3.63) is 59.3 Å². The van der Waals surface area contributed by atoms with Gasteiger partial charge in [-0.2, -0.15) is 0 Å². The van der Waals surface area contributed by atoms with Crippen molar-refractivity contribution in [3.8, 4) is 0 Å². The highest BCUT2D eigenvalue weighted by molar-refractivity contribution is 5.89. The number of benzene rings is 1. The molecule has 4 nitrogen and oxygen atoms in total. The lowest BCUT2D eigenvalue weighted by Crippen LogP contribution is -2.28. The second-order valence-electron chi connectivity index (χ2n) is 8.38. The third kappa shape index (κ3) is 7.90. The number of para-hydroxylation sites is 1. The van der Waals surface area contributed by atoms with Gasteiger partial charge in [-0.3, -0.25) is 4.79 Å². The highest BCUT2D eigenvalue weighted by Gasteiger charge is 2.11. The fraction of sp³-hybridized carbons (Fsp3) is 0.480. The van der Waals surface area contributed by atoms with E-state index in [1.165, 1.54) is 22.0 Å². The molecule has 0 aliphatic carbocycles. The van der Waals surface area contributed by atoms with Crippen molar-refractivity contribution in [2.75, 3.05) is 27.2 Å². The van der Waals surface area contributed by atoms with Gasteiger partial charge >= 0.3 is 0 Å². The van der Waals surface area contributed by atoms with Crippen LogP contribution in [0, 0.1) is 0 Å². The summed E-state index contributed by atoms with van der Waals surface area (Å²) in [5.74, 6) is 0.0973. The molecular formula is C25H37N3O. The Hall–Kier alpha value is -2.33. The molecule has 0 bridgehead atoms. The van der Waals surface area contributed by atoms with Gasteiger partial charge < -0.3 is 14.8 Å². The van der Waals surface area contributed by atoms with Crippen molar-refractivity contribution in [3.63, 3.8) is 0 Å². The molecule has 1 N–H and O–H groups in total. The van der Waals surface area contributed by atoms with Crippen LogP contribution in [0.25, 0.3) is 10.9 Å². The monoisotopic (exact) mass is 395 g/mol. The predicted molar refractivity (Wildman–Crippen MR) is 124 cm³/mol. The first-order valence-corrected chi connectivity index (χ1v) is 10.6. The Labute approximate surface area is 176 Å². The number of rotatable bonds is 11. The molecule has 0 spiro atoms. The highest BCUT2D eigenvalue weighted by atomic mass is 16.1. The largest absolute Gasteiger partial charge is 0.356 e. The predicted octanol–water partition coefficient (Wildman–Crippen LogP) is 4.94. The molecular weight excluding hydrogens is 358 g/mol. The third-order valence-corrected chi connectivity index (χ3v) is 5.05. The third-order valence-electron chi connectivity index (χ3n) is 5.05. The molecule has 0 saturated carbocycles. The van der Waals surface area contributed by atoms with Gasteiger partial charge in [0, 0.05) is 30.2 Å². The summed E-state index contributed by atoms with van der Waals surface area (Å²) in [5.41, 5.74) is 5.07. The molecule has 1 aromatic carbocycles. The normalized spacial score (nSPS) is 11.9. The van der Waals surface area contributed by atoms with Crippen LogP contribution < -0.4 is 5.32 Å². The number of hydrogen-bond donors (Lipinski definition) is 1. The van der Waals surface area contributed by atoms with Crippen LogP contribution in [0.5, 0.6) is 0 Å². The maximum atomic E-state index is 12.4. The summed E-state index contributed by atoms with van der Waals surface area (Å²) >= 11 is 0. The van der Waals surface area contributed by atoms with E-state index in [1.807, 2.05) is 20.2 Å². The fourth-order valence-corrected chi connectivity index (χ4v) is 3.42. The van der Waals surface area contributed by atoms with Gasteiger partial charge in [0.05, 0.1) is 6.42 Å². The standard InChI is InChI=1S/C25H37N3O/c1-20(2)10-8-11-21(3)14-17-28-19-22(23-12-6-7-13-24(23)28)18-25(29)26-15-9-16-27(4)5/h6-7,10,12-14,19H,8-9,11,15-18H2,1-5H3,(H,26,29)/b21-14+. The Morgan fingerprint density at radius 1 is 1.14 bits per heavy atom. The van der Waals surface area contributed by atoms with E-state index in [-0.39, 0.29) is 5.91 Å². The molecule has 29 heavy (non-hydrogen) atoms. The molecule has 0 saturated heterocycles. The molecule has 4 heteroatoms. The van der Waals surface area contributed by atoms with E-state index in [1.54, 1.807) is 0 Å². The SMILES string of the molecule is CC(C)=CCC/C(C)=C/Cn1cc(CC(=O)NCCCN(C)C)c2ccccc21. The van der Waals surface area contributed by atoms with Crippen LogP contribution in [0.4, 0.5) is 0 Å². The smallest absolute Gasteiger partial charge is 0.224 e. The van der Waals surface area contributed by atoms with Crippen molar-refractivity contribution in [1.29, 1.82) is 0 Å². The number of nitrogens with one attached hydrogen (secondary N) is 1. The number of allylic oxidation sites excluding steroid dienone is 4. The first-order valence-electron chi connectivity index (χ1n) is 10.6. The Morgan fingerprint density at radius 3 is 2.62 bits per heavy atom.